The van der Waals surface area contributed by atoms with Gasteiger partial charge < -0.3 is 19.3 Å². The molecule has 0 amide bonds. The van der Waals surface area contributed by atoms with E-state index in [1.165, 1.54) is 32.4 Å². The van der Waals surface area contributed by atoms with Crippen LogP contribution in [0.3, 0.4) is 0 Å². The number of methoxy groups -OCH3 is 2. The first kappa shape index (κ1) is 18.5. The van der Waals surface area contributed by atoms with Gasteiger partial charge in [0.05, 0.1) is 20.8 Å². The summed E-state index contributed by atoms with van der Waals surface area (Å²) in [5.41, 5.74) is 0.442. The Morgan fingerprint density at radius 2 is 1.70 bits per heavy atom. The van der Waals surface area contributed by atoms with Gasteiger partial charge in [-0.25, -0.2) is 4.79 Å². The Kier molecular flexibility index (Phi) is 7.12. The van der Waals surface area contributed by atoms with E-state index < -0.39 is 5.97 Å². The third-order valence-electron chi connectivity index (χ3n) is 3.09. The second-order valence-electron chi connectivity index (χ2n) is 4.74. The topological polar surface area (TPSA) is 82.1 Å². The number of Topliss-reactive ketones (excluding diaryl/α,β-unsaturated/α-hetero) is 1. The smallest absolute Gasteiger partial charge is 0.341 e. The number of ether oxygens (including phenoxy) is 3. The predicted molar refractivity (Wildman–Crippen MR) is 85.7 cm³/mol. The van der Waals surface area contributed by atoms with Crippen molar-refractivity contribution >= 4 is 17.8 Å². The van der Waals surface area contributed by atoms with Crippen LogP contribution in [0, 0.1) is 0 Å². The first-order valence-corrected chi connectivity index (χ1v) is 7.35. The normalized spacial score (nSPS) is 11.0. The number of aromatic hydroxyl groups is 1. The molecular weight excluding hydrogens is 300 g/mol. The van der Waals surface area contributed by atoms with Crippen LogP contribution in [0.4, 0.5) is 0 Å². The largest absolute Gasteiger partial charge is 0.502 e. The van der Waals surface area contributed by atoms with E-state index in [0.717, 1.165) is 0 Å². The zero-order valence-corrected chi connectivity index (χ0v) is 13.8. The van der Waals surface area contributed by atoms with Crippen LogP contribution in [-0.2, 0) is 14.3 Å². The molecule has 0 fully saturated rings. The van der Waals surface area contributed by atoms with Gasteiger partial charge in [-0.05, 0) is 30.2 Å². The maximum absolute atomic E-state index is 12.1. The van der Waals surface area contributed by atoms with Crippen molar-refractivity contribution in [3.05, 3.63) is 23.3 Å². The molecule has 0 saturated heterocycles. The lowest BCUT2D eigenvalue weighted by atomic mass is 10.0. The monoisotopic (exact) mass is 322 g/mol. The minimum Gasteiger partial charge on any atom is -0.502 e. The Labute approximate surface area is 135 Å². The highest BCUT2D eigenvalue weighted by Crippen LogP contribution is 2.37. The first-order valence-electron chi connectivity index (χ1n) is 7.35. The van der Waals surface area contributed by atoms with E-state index in [4.69, 9.17) is 14.2 Å². The highest BCUT2D eigenvalue weighted by Gasteiger charge is 2.19. The lowest BCUT2D eigenvalue weighted by Crippen LogP contribution is -2.15. The summed E-state index contributed by atoms with van der Waals surface area (Å²) in [6, 6.07) is 3.02. The number of esters is 1. The van der Waals surface area contributed by atoms with Crippen molar-refractivity contribution in [2.24, 2.45) is 0 Å². The molecule has 0 radical (unpaired) electrons. The van der Waals surface area contributed by atoms with E-state index in [-0.39, 0.29) is 41.6 Å². The van der Waals surface area contributed by atoms with Crippen molar-refractivity contribution in [1.82, 2.24) is 0 Å². The molecular formula is C17H22O6. The Bertz CT molecular complexity index is 578. The van der Waals surface area contributed by atoms with E-state index in [1.807, 2.05) is 6.92 Å². The molecule has 6 heteroatoms. The molecule has 23 heavy (non-hydrogen) atoms. The Morgan fingerprint density at radius 3 is 2.13 bits per heavy atom. The molecule has 0 aromatic heterocycles. The number of phenolic OH excluding ortho intramolecular Hbond substituents is 1. The van der Waals surface area contributed by atoms with E-state index in [9.17, 15) is 14.7 Å². The fourth-order valence-electron chi connectivity index (χ4n) is 1.88. The number of phenols is 1. The summed E-state index contributed by atoms with van der Waals surface area (Å²) in [6.07, 6.45) is 2.26. The summed E-state index contributed by atoms with van der Waals surface area (Å²) in [4.78, 5) is 24.1. The highest BCUT2D eigenvalue weighted by molar-refractivity contribution is 6.20. The predicted octanol–water partition coefficient (Wildman–Crippen LogP) is 2.73. The molecule has 0 unspecified atom stereocenters. The van der Waals surface area contributed by atoms with Crippen LogP contribution in [0.15, 0.2) is 17.7 Å². The second kappa shape index (κ2) is 8.82. The number of hydrogen-bond donors (Lipinski definition) is 1. The molecule has 1 aromatic rings. The molecule has 0 aliphatic heterocycles. The van der Waals surface area contributed by atoms with Gasteiger partial charge in [-0.3, -0.25) is 4.79 Å². The van der Waals surface area contributed by atoms with Gasteiger partial charge in [0, 0.05) is 6.42 Å². The third-order valence-corrected chi connectivity index (χ3v) is 3.09. The SMILES string of the molecule is CCCOC(=O)/C(=C/c1cc(OC)c(O)c(OC)c1)C(=O)CC. The highest BCUT2D eigenvalue weighted by atomic mass is 16.5. The minimum atomic E-state index is -0.662. The number of hydrogen-bond acceptors (Lipinski definition) is 6. The molecule has 0 saturated carbocycles. The van der Waals surface area contributed by atoms with Crippen molar-refractivity contribution in [1.29, 1.82) is 0 Å². The van der Waals surface area contributed by atoms with Crippen molar-refractivity contribution in [2.75, 3.05) is 20.8 Å². The zero-order chi connectivity index (χ0) is 17.4. The van der Waals surface area contributed by atoms with Crippen LogP contribution >= 0.6 is 0 Å². The van der Waals surface area contributed by atoms with Gasteiger partial charge in [-0.1, -0.05) is 13.8 Å². The van der Waals surface area contributed by atoms with Gasteiger partial charge >= 0.3 is 5.97 Å². The Morgan fingerprint density at radius 1 is 1.13 bits per heavy atom. The summed E-state index contributed by atoms with van der Waals surface area (Å²) in [6.45, 7) is 3.78. The average molecular weight is 322 g/mol. The van der Waals surface area contributed by atoms with E-state index in [1.54, 1.807) is 6.92 Å². The van der Waals surface area contributed by atoms with Gasteiger partial charge in [0.2, 0.25) is 5.75 Å². The minimum absolute atomic E-state index is 0.0456. The maximum Gasteiger partial charge on any atom is 0.341 e. The lowest BCUT2D eigenvalue weighted by Gasteiger charge is -2.11. The number of benzene rings is 1. The standard InChI is InChI=1S/C17H22O6/c1-5-7-23-17(20)12(13(18)6-2)8-11-9-14(21-3)16(19)15(10-11)22-4/h8-10,19H,5-7H2,1-4H3/b12-8+. The van der Waals surface area contributed by atoms with Crippen LogP contribution in [0.5, 0.6) is 17.2 Å². The zero-order valence-electron chi connectivity index (χ0n) is 13.8. The molecule has 0 spiro atoms. The third kappa shape index (κ3) is 4.74. The molecule has 1 aromatic carbocycles. The van der Waals surface area contributed by atoms with Crippen LogP contribution in [-0.4, -0.2) is 37.7 Å². The number of rotatable bonds is 8. The number of ketones is 1. The molecule has 6 nitrogen and oxygen atoms in total. The number of carbonyl (C=O) groups is 2. The fourth-order valence-corrected chi connectivity index (χ4v) is 1.88. The van der Waals surface area contributed by atoms with Crippen LogP contribution < -0.4 is 9.47 Å². The summed E-state index contributed by atoms with van der Waals surface area (Å²) in [5.74, 6) is -0.771. The van der Waals surface area contributed by atoms with E-state index in [2.05, 4.69) is 0 Å². The summed E-state index contributed by atoms with van der Waals surface area (Å²) < 4.78 is 15.2. The van der Waals surface area contributed by atoms with E-state index in [0.29, 0.717) is 12.0 Å². The summed E-state index contributed by atoms with van der Waals surface area (Å²) in [7, 11) is 2.80. The van der Waals surface area contributed by atoms with Crippen LogP contribution in [0.1, 0.15) is 32.3 Å². The maximum atomic E-state index is 12.1. The molecule has 126 valence electrons. The Balaban J connectivity index is 3.30. The van der Waals surface area contributed by atoms with Gasteiger partial charge in [0.1, 0.15) is 5.57 Å². The quantitative estimate of drug-likeness (QED) is 0.343. The molecule has 1 N–H and O–H groups in total. The van der Waals surface area contributed by atoms with Crippen molar-refractivity contribution in [2.45, 2.75) is 26.7 Å². The summed E-state index contributed by atoms with van der Waals surface area (Å²) in [5, 5.41) is 9.90. The number of carbonyl (C=O) groups excluding carboxylic acids is 2. The van der Waals surface area contributed by atoms with E-state index >= 15 is 0 Å². The van der Waals surface area contributed by atoms with Gasteiger partial charge in [0.25, 0.3) is 0 Å². The lowest BCUT2D eigenvalue weighted by molar-refractivity contribution is -0.140. The molecule has 0 aliphatic rings. The van der Waals surface area contributed by atoms with Crippen LogP contribution in [0.2, 0.25) is 0 Å². The fraction of sp³-hybridized carbons (Fsp3) is 0.412. The molecule has 1 rings (SSSR count). The molecule has 0 heterocycles. The molecule has 0 bridgehead atoms. The molecule has 0 atom stereocenters. The van der Waals surface area contributed by atoms with Crippen molar-refractivity contribution in [3.8, 4) is 17.2 Å². The summed E-state index contributed by atoms with van der Waals surface area (Å²) >= 11 is 0. The average Bonchev–Trinajstić information content (AvgIpc) is 2.57. The van der Waals surface area contributed by atoms with Gasteiger partial charge in [-0.2, -0.15) is 0 Å². The van der Waals surface area contributed by atoms with Crippen molar-refractivity contribution < 1.29 is 28.9 Å². The van der Waals surface area contributed by atoms with Crippen molar-refractivity contribution in [3.63, 3.8) is 0 Å². The van der Waals surface area contributed by atoms with Gasteiger partial charge in [-0.15, -0.1) is 0 Å². The van der Waals surface area contributed by atoms with Gasteiger partial charge in [0.15, 0.2) is 17.3 Å². The Hall–Kier alpha value is -2.50. The second-order valence-corrected chi connectivity index (χ2v) is 4.74. The molecule has 0 aliphatic carbocycles. The first-order chi connectivity index (χ1) is 11.0. The van der Waals surface area contributed by atoms with Crippen LogP contribution in [0.25, 0.3) is 6.08 Å².